The number of hydrogen-bond acceptors (Lipinski definition) is 6. The van der Waals surface area contributed by atoms with Gasteiger partial charge in [0, 0.05) is 18.7 Å². The summed E-state index contributed by atoms with van der Waals surface area (Å²) in [5.41, 5.74) is 0.375. The van der Waals surface area contributed by atoms with E-state index in [1.807, 2.05) is 0 Å². The lowest BCUT2D eigenvalue weighted by Crippen LogP contribution is -2.59. The summed E-state index contributed by atoms with van der Waals surface area (Å²) in [7, 11) is -6.83. The van der Waals surface area contributed by atoms with Crippen LogP contribution in [0, 0.1) is 0 Å². The monoisotopic (exact) mass is 506 g/mol. The van der Waals surface area contributed by atoms with Gasteiger partial charge in [-0.25, -0.2) is 4.79 Å². The van der Waals surface area contributed by atoms with E-state index in [1.165, 1.54) is 0 Å². The van der Waals surface area contributed by atoms with Gasteiger partial charge in [0.25, 0.3) is 0 Å². The predicted molar refractivity (Wildman–Crippen MR) is 140 cm³/mol. The number of rotatable bonds is 19. The van der Waals surface area contributed by atoms with Crippen molar-refractivity contribution in [2.75, 3.05) is 19.8 Å². The van der Waals surface area contributed by atoms with Crippen molar-refractivity contribution in [3.05, 3.63) is 12.2 Å². The molecule has 0 fully saturated rings. The second-order valence-electron chi connectivity index (χ2n) is 8.74. The molecule has 0 aromatic carbocycles. The summed E-state index contributed by atoms with van der Waals surface area (Å²) in [5.74, 6) is -0.411. The maximum atomic E-state index is 11.9. The van der Waals surface area contributed by atoms with E-state index in [0.29, 0.717) is 12.2 Å². The van der Waals surface area contributed by atoms with Gasteiger partial charge in [-0.05, 0) is 49.6 Å². The molecule has 190 valence electrons. The minimum atomic E-state index is -2.94. The highest BCUT2D eigenvalue weighted by atomic mass is 28.5. The fourth-order valence-electron chi connectivity index (χ4n) is 3.76. The molecule has 0 rings (SSSR count). The molecular formula is C23H50O6Si3. The third kappa shape index (κ3) is 10.3. The summed E-state index contributed by atoms with van der Waals surface area (Å²) in [6.45, 7) is 23.7. The van der Waals surface area contributed by atoms with Crippen LogP contribution in [0.2, 0.25) is 42.8 Å². The van der Waals surface area contributed by atoms with E-state index < -0.39 is 31.4 Å². The van der Waals surface area contributed by atoms with Crippen molar-refractivity contribution in [3.63, 3.8) is 0 Å². The van der Waals surface area contributed by atoms with Crippen LogP contribution < -0.4 is 0 Å². The standard InChI is InChI=1S/C23H50O6Si3/c1-11-18-25-22(19-26-23(24)21(8)9)20-27-30(10,28-31(12-2,13-3)14-4)29-32(15-5,16-6)17-7/h22H,8,11-20H2,1-7,9-10H3. The van der Waals surface area contributed by atoms with Gasteiger partial charge in [-0.3, -0.25) is 0 Å². The van der Waals surface area contributed by atoms with Crippen LogP contribution in [0.3, 0.4) is 0 Å². The predicted octanol–water partition coefficient (Wildman–Crippen LogP) is 6.53. The molecule has 0 amide bonds. The van der Waals surface area contributed by atoms with Gasteiger partial charge >= 0.3 is 14.8 Å². The van der Waals surface area contributed by atoms with Crippen LogP contribution in [-0.4, -0.2) is 57.3 Å². The molecule has 0 heterocycles. The molecule has 0 spiro atoms. The molecule has 0 aliphatic rings. The molecule has 0 aliphatic heterocycles. The Morgan fingerprint density at radius 1 is 0.812 bits per heavy atom. The Hall–Kier alpha value is -0.299. The molecule has 1 unspecified atom stereocenters. The molecule has 0 aliphatic carbocycles. The summed E-state index contributed by atoms with van der Waals surface area (Å²) in [5, 5.41) is 0. The van der Waals surface area contributed by atoms with E-state index in [4.69, 9.17) is 22.1 Å². The fraction of sp³-hybridized carbons (Fsp3) is 0.870. The molecule has 1 atom stereocenters. The van der Waals surface area contributed by atoms with Crippen molar-refractivity contribution >= 4 is 31.4 Å². The van der Waals surface area contributed by atoms with Crippen molar-refractivity contribution < 1.29 is 26.9 Å². The summed E-state index contributed by atoms with van der Waals surface area (Å²) in [6.07, 6.45) is 0.515. The van der Waals surface area contributed by atoms with Gasteiger partial charge < -0.3 is 22.1 Å². The second-order valence-corrected chi connectivity index (χ2v) is 21.4. The first-order chi connectivity index (χ1) is 15.0. The summed E-state index contributed by atoms with van der Waals surface area (Å²) < 4.78 is 31.7. The van der Waals surface area contributed by atoms with Crippen molar-refractivity contribution in [1.82, 2.24) is 0 Å². The molecule has 0 N–H and O–H groups in total. The smallest absolute Gasteiger partial charge is 0.459 e. The topological polar surface area (TPSA) is 63.2 Å². The zero-order valence-corrected chi connectivity index (χ0v) is 25.3. The normalized spacial score (nSPS) is 13.8. The van der Waals surface area contributed by atoms with Gasteiger partial charge in [0.15, 0.2) is 16.6 Å². The first-order valence-corrected chi connectivity index (χ1v) is 19.8. The van der Waals surface area contributed by atoms with E-state index in [2.05, 4.69) is 61.6 Å². The maximum absolute atomic E-state index is 11.9. The maximum Gasteiger partial charge on any atom is 0.476 e. The van der Waals surface area contributed by atoms with Gasteiger partial charge in [0.2, 0.25) is 0 Å². The first kappa shape index (κ1) is 31.7. The van der Waals surface area contributed by atoms with E-state index in [1.54, 1.807) is 6.92 Å². The molecule has 0 saturated heterocycles. The van der Waals surface area contributed by atoms with Crippen molar-refractivity contribution in [2.24, 2.45) is 0 Å². The van der Waals surface area contributed by atoms with Gasteiger partial charge in [-0.15, -0.1) is 0 Å². The number of carbonyl (C=O) groups excluding carboxylic acids is 1. The first-order valence-electron chi connectivity index (χ1n) is 12.5. The van der Waals surface area contributed by atoms with E-state index in [9.17, 15) is 4.79 Å². The highest BCUT2D eigenvalue weighted by Crippen LogP contribution is 2.32. The lowest BCUT2D eigenvalue weighted by molar-refractivity contribution is -0.144. The third-order valence-electron chi connectivity index (χ3n) is 6.51. The molecule has 6 nitrogen and oxygen atoms in total. The molecular weight excluding hydrogens is 457 g/mol. The summed E-state index contributed by atoms with van der Waals surface area (Å²) >= 11 is 0. The molecule has 0 saturated carbocycles. The Morgan fingerprint density at radius 3 is 1.59 bits per heavy atom. The van der Waals surface area contributed by atoms with Crippen molar-refractivity contribution in [1.29, 1.82) is 0 Å². The minimum Gasteiger partial charge on any atom is -0.459 e. The summed E-state index contributed by atoms with van der Waals surface area (Å²) in [4.78, 5) is 11.9. The number of esters is 1. The zero-order chi connectivity index (χ0) is 24.8. The number of ether oxygens (including phenoxy) is 2. The Labute approximate surface area is 201 Å². The van der Waals surface area contributed by atoms with E-state index in [-0.39, 0.29) is 19.3 Å². The number of carbonyl (C=O) groups is 1. The molecule has 9 heteroatoms. The van der Waals surface area contributed by atoms with Crippen LogP contribution >= 0.6 is 0 Å². The largest absolute Gasteiger partial charge is 0.476 e. The van der Waals surface area contributed by atoms with Gasteiger partial charge in [0.05, 0.1) is 6.61 Å². The quantitative estimate of drug-likeness (QED) is 0.113. The van der Waals surface area contributed by atoms with Crippen LogP contribution in [0.25, 0.3) is 0 Å². The van der Waals surface area contributed by atoms with Gasteiger partial charge in [-0.2, -0.15) is 0 Å². The average Bonchev–Trinajstić information content (AvgIpc) is 2.80. The molecule has 0 bridgehead atoms. The Kier molecular flexibility index (Phi) is 15.4. The average molecular weight is 507 g/mol. The Morgan fingerprint density at radius 2 is 1.25 bits per heavy atom. The number of hydrogen-bond donors (Lipinski definition) is 0. The third-order valence-corrected chi connectivity index (χ3v) is 21.4. The van der Waals surface area contributed by atoms with Crippen molar-refractivity contribution in [2.45, 2.75) is 111 Å². The van der Waals surface area contributed by atoms with Crippen LogP contribution in [0.1, 0.15) is 61.8 Å². The zero-order valence-electron chi connectivity index (χ0n) is 22.3. The molecule has 0 aromatic rings. The summed E-state index contributed by atoms with van der Waals surface area (Å²) in [6, 6.07) is 6.25. The van der Waals surface area contributed by atoms with Crippen LogP contribution in [0.4, 0.5) is 0 Å². The molecule has 0 radical (unpaired) electrons. The van der Waals surface area contributed by atoms with Crippen LogP contribution in [0.5, 0.6) is 0 Å². The van der Waals surface area contributed by atoms with Crippen molar-refractivity contribution in [3.8, 4) is 0 Å². The Bertz CT molecular complexity index is 511. The van der Waals surface area contributed by atoms with Gasteiger partial charge in [-0.1, -0.05) is 55.0 Å². The minimum absolute atomic E-state index is 0.131. The van der Waals surface area contributed by atoms with Crippen LogP contribution in [0.15, 0.2) is 12.2 Å². The van der Waals surface area contributed by atoms with E-state index >= 15 is 0 Å². The van der Waals surface area contributed by atoms with Crippen LogP contribution in [-0.2, 0) is 26.9 Å². The Balaban J connectivity index is 5.70. The van der Waals surface area contributed by atoms with E-state index in [0.717, 1.165) is 42.7 Å². The highest BCUT2D eigenvalue weighted by molar-refractivity contribution is 6.87. The fourth-order valence-corrected chi connectivity index (χ4v) is 18.0. The lowest BCUT2D eigenvalue weighted by atomic mass is 10.3. The lowest BCUT2D eigenvalue weighted by Gasteiger charge is -2.43. The SMILES string of the molecule is C=C(C)C(=O)OCC(CO[Si](C)(O[Si](CC)(CC)CC)O[Si](CC)(CC)CC)OCCC. The second kappa shape index (κ2) is 15.6. The van der Waals surface area contributed by atoms with Gasteiger partial charge in [0.1, 0.15) is 12.7 Å². The molecule has 32 heavy (non-hydrogen) atoms. The molecule has 0 aromatic heterocycles. The highest BCUT2D eigenvalue weighted by Gasteiger charge is 2.49.